The van der Waals surface area contributed by atoms with E-state index in [1.807, 2.05) is 6.08 Å². The molecule has 0 radical (unpaired) electrons. The number of likely N-dealkylation sites (tertiary alicyclic amines) is 1. The normalized spacial score (nSPS) is 23.8. The molecule has 0 spiro atoms. The van der Waals surface area contributed by atoms with E-state index in [1.165, 1.54) is 0 Å². The zero-order valence-electron chi connectivity index (χ0n) is 7.63. The summed E-state index contributed by atoms with van der Waals surface area (Å²) in [7, 11) is 0. The van der Waals surface area contributed by atoms with Gasteiger partial charge in [0.1, 0.15) is 0 Å². The molecule has 1 fully saturated rings. The third-order valence-electron chi connectivity index (χ3n) is 2.65. The molecule has 0 aromatic rings. The molecule has 1 aliphatic rings. The molecule has 0 unspecified atom stereocenters. The predicted octanol–water partition coefficient (Wildman–Crippen LogP) is -0.0756. The molecular formula is C9H19N3. The monoisotopic (exact) mass is 169 g/mol. The zero-order valence-corrected chi connectivity index (χ0v) is 7.63. The molecule has 1 aliphatic heterocycles. The maximum absolute atomic E-state index is 6.04. The van der Waals surface area contributed by atoms with Crippen LogP contribution in [0.15, 0.2) is 12.7 Å². The smallest absolute Gasteiger partial charge is 0.0303 e. The summed E-state index contributed by atoms with van der Waals surface area (Å²) in [5.74, 6) is 0. The molecule has 3 heteroatoms. The fourth-order valence-corrected chi connectivity index (χ4v) is 1.57. The number of nitrogens with zero attached hydrogens (tertiary/aromatic N) is 1. The van der Waals surface area contributed by atoms with Crippen LogP contribution in [0, 0.1) is 0 Å². The second-order valence-electron chi connectivity index (χ2n) is 3.66. The van der Waals surface area contributed by atoms with Crippen LogP contribution in [0.3, 0.4) is 0 Å². The SMILES string of the molecule is C=CCN1CCC(N)(CN)CC1. The van der Waals surface area contributed by atoms with E-state index >= 15 is 0 Å². The molecule has 4 N–H and O–H groups in total. The van der Waals surface area contributed by atoms with Crippen molar-refractivity contribution in [1.82, 2.24) is 4.90 Å². The van der Waals surface area contributed by atoms with Gasteiger partial charge in [-0.15, -0.1) is 6.58 Å². The van der Waals surface area contributed by atoms with E-state index in [0.717, 1.165) is 32.5 Å². The summed E-state index contributed by atoms with van der Waals surface area (Å²) >= 11 is 0. The molecule has 0 aromatic carbocycles. The summed E-state index contributed by atoms with van der Waals surface area (Å²) in [6, 6.07) is 0. The lowest BCUT2D eigenvalue weighted by Crippen LogP contribution is -2.54. The van der Waals surface area contributed by atoms with Crippen LogP contribution in [-0.2, 0) is 0 Å². The predicted molar refractivity (Wildman–Crippen MR) is 51.8 cm³/mol. The standard InChI is InChI=1S/C9H19N3/c1-2-5-12-6-3-9(11,8-10)4-7-12/h2H,1,3-8,10-11H2. The summed E-state index contributed by atoms with van der Waals surface area (Å²) < 4.78 is 0. The lowest BCUT2D eigenvalue weighted by Gasteiger charge is -2.37. The maximum atomic E-state index is 6.04. The quantitative estimate of drug-likeness (QED) is 0.581. The number of rotatable bonds is 3. The summed E-state index contributed by atoms with van der Waals surface area (Å²) in [6.45, 7) is 7.40. The minimum absolute atomic E-state index is 0.0995. The number of nitrogens with two attached hydrogens (primary N) is 2. The summed E-state index contributed by atoms with van der Waals surface area (Å²) in [5, 5.41) is 0. The Hall–Kier alpha value is -0.380. The Morgan fingerprint density at radius 2 is 2.00 bits per heavy atom. The Morgan fingerprint density at radius 3 is 2.42 bits per heavy atom. The summed E-state index contributed by atoms with van der Waals surface area (Å²) in [5.41, 5.74) is 11.5. The first kappa shape index (κ1) is 9.71. The Labute approximate surface area is 74.4 Å². The van der Waals surface area contributed by atoms with Gasteiger partial charge in [-0.3, -0.25) is 4.90 Å². The van der Waals surface area contributed by atoms with Crippen LogP contribution >= 0.6 is 0 Å². The molecule has 1 rings (SSSR count). The summed E-state index contributed by atoms with van der Waals surface area (Å²) in [6.07, 6.45) is 3.96. The van der Waals surface area contributed by atoms with Gasteiger partial charge in [-0.05, 0) is 12.8 Å². The van der Waals surface area contributed by atoms with Crippen molar-refractivity contribution in [1.29, 1.82) is 0 Å². The topological polar surface area (TPSA) is 55.3 Å². The number of piperidine rings is 1. The van der Waals surface area contributed by atoms with E-state index in [9.17, 15) is 0 Å². The Kier molecular flexibility index (Phi) is 3.26. The Morgan fingerprint density at radius 1 is 1.42 bits per heavy atom. The van der Waals surface area contributed by atoms with Crippen LogP contribution < -0.4 is 11.5 Å². The van der Waals surface area contributed by atoms with Gasteiger partial charge in [-0.25, -0.2) is 0 Å². The van der Waals surface area contributed by atoms with E-state index in [0.29, 0.717) is 6.54 Å². The number of hydrogen-bond donors (Lipinski definition) is 2. The van der Waals surface area contributed by atoms with Gasteiger partial charge in [-0.1, -0.05) is 6.08 Å². The van der Waals surface area contributed by atoms with E-state index in [-0.39, 0.29) is 5.54 Å². The fraction of sp³-hybridized carbons (Fsp3) is 0.778. The van der Waals surface area contributed by atoms with Crippen LogP contribution in [0.25, 0.3) is 0 Å². The molecule has 0 atom stereocenters. The van der Waals surface area contributed by atoms with Crippen LogP contribution in [0.5, 0.6) is 0 Å². The molecule has 0 aromatic heterocycles. The van der Waals surface area contributed by atoms with Gasteiger partial charge in [-0.2, -0.15) is 0 Å². The second kappa shape index (κ2) is 4.03. The average molecular weight is 169 g/mol. The largest absolute Gasteiger partial charge is 0.329 e. The van der Waals surface area contributed by atoms with Gasteiger partial charge in [0.25, 0.3) is 0 Å². The van der Waals surface area contributed by atoms with Crippen LogP contribution in [0.2, 0.25) is 0 Å². The molecule has 1 saturated heterocycles. The van der Waals surface area contributed by atoms with E-state index in [2.05, 4.69) is 11.5 Å². The van der Waals surface area contributed by atoms with Crippen LogP contribution in [-0.4, -0.2) is 36.6 Å². The molecule has 12 heavy (non-hydrogen) atoms. The lowest BCUT2D eigenvalue weighted by molar-refractivity contribution is 0.179. The van der Waals surface area contributed by atoms with Gasteiger partial charge in [0.2, 0.25) is 0 Å². The minimum atomic E-state index is -0.0995. The van der Waals surface area contributed by atoms with Crippen molar-refractivity contribution in [3.63, 3.8) is 0 Å². The second-order valence-corrected chi connectivity index (χ2v) is 3.66. The van der Waals surface area contributed by atoms with Crippen molar-refractivity contribution in [2.45, 2.75) is 18.4 Å². The molecule has 0 amide bonds. The lowest BCUT2D eigenvalue weighted by atomic mass is 9.89. The Bertz CT molecular complexity index is 148. The average Bonchev–Trinajstić information content (AvgIpc) is 2.10. The van der Waals surface area contributed by atoms with Gasteiger partial charge in [0.05, 0.1) is 0 Å². The van der Waals surface area contributed by atoms with Crippen molar-refractivity contribution in [2.24, 2.45) is 11.5 Å². The van der Waals surface area contributed by atoms with Gasteiger partial charge < -0.3 is 11.5 Å². The molecular weight excluding hydrogens is 150 g/mol. The maximum Gasteiger partial charge on any atom is 0.0303 e. The molecule has 0 saturated carbocycles. The van der Waals surface area contributed by atoms with Crippen molar-refractivity contribution in [3.05, 3.63) is 12.7 Å². The highest BCUT2D eigenvalue weighted by molar-refractivity contribution is 4.92. The van der Waals surface area contributed by atoms with E-state index in [1.54, 1.807) is 0 Å². The molecule has 70 valence electrons. The van der Waals surface area contributed by atoms with Gasteiger partial charge >= 0.3 is 0 Å². The van der Waals surface area contributed by atoms with Crippen molar-refractivity contribution >= 4 is 0 Å². The minimum Gasteiger partial charge on any atom is -0.329 e. The first-order valence-corrected chi connectivity index (χ1v) is 4.52. The van der Waals surface area contributed by atoms with Crippen LogP contribution in [0.1, 0.15) is 12.8 Å². The van der Waals surface area contributed by atoms with Gasteiger partial charge in [0, 0.05) is 31.7 Å². The van der Waals surface area contributed by atoms with Crippen molar-refractivity contribution in [3.8, 4) is 0 Å². The van der Waals surface area contributed by atoms with Crippen molar-refractivity contribution in [2.75, 3.05) is 26.2 Å². The fourth-order valence-electron chi connectivity index (χ4n) is 1.57. The summed E-state index contributed by atoms with van der Waals surface area (Å²) in [4.78, 5) is 2.35. The third-order valence-corrected chi connectivity index (χ3v) is 2.65. The van der Waals surface area contributed by atoms with E-state index in [4.69, 9.17) is 11.5 Å². The Balaban J connectivity index is 2.33. The molecule has 1 heterocycles. The highest BCUT2D eigenvalue weighted by Crippen LogP contribution is 2.17. The molecule has 0 bridgehead atoms. The third kappa shape index (κ3) is 2.30. The number of hydrogen-bond acceptors (Lipinski definition) is 3. The van der Waals surface area contributed by atoms with Gasteiger partial charge in [0.15, 0.2) is 0 Å². The van der Waals surface area contributed by atoms with Crippen LogP contribution in [0.4, 0.5) is 0 Å². The first-order chi connectivity index (χ1) is 5.70. The highest BCUT2D eigenvalue weighted by Gasteiger charge is 2.28. The van der Waals surface area contributed by atoms with Crippen molar-refractivity contribution < 1.29 is 0 Å². The molecule has 3 nitrogen and oxygen atoms in total. The zero-order chi connectivity index (χ0) is 9.03. The first-order valence-electron chi connectivity index (χ1n) is 4.52. The highest BCUT2D eigenvalue weighted by atomic mass is 15.1. The molecule has 0 aliphatic carbocycles. The van der Waals surface area contributed by atoms with E-state index < -0.39 is 0 Å².